The molecule has 0 saturated carbocycles. The second-order valence-corrected chi connectivity index (χ2v) is 7.11. The number of amides is 1. The number of aryl methyl sites for hydroxylation is 1. The van der Waals surface area contributed by atoms with Gasteiger partial charge in [0, 0.05) is 35.8 Å². The number of carbonyl (C=O) groups is 1. The number of nitrogens with one attached hydrogen (secondary N) is 1. The van der Waals surface area contributed by atoms with E-state index in [1.807, 2.05) is 96.1 Å². The summed E-state index contributed by atoms with van der Waals surface area (Å²) in [6.45, 7) is 11.9. The highest BCUT2D eigenvalue weighted by Crippen LogP contribution is 2.24. The van der Waals surface area contributed by atoms with Crippen LogP contribution < -0.4 is 5.32 Å². The number of aliphatic hydroxyl groups is 1. The van der Waals surface area contributed by atoms with E-state index >= 15 is 0 Å². The first-order valence-electron chi connectivity index (χ1n) is 11.5. The summed E-state index contributed by atoms with van der Waals surface area (Å²) in [4.78, 5) is 17.3. The monoisotopic (exact) mass is 446 g/mol. The number of aliphatic hydroxyl groups excluding tert-OH is 1. The molecular formula is C27H34N4O2. The molecule has 33 heavy (non-hydrogen) atoms. The minimum Gasteiger partial charge on any atom is -0.396 e. The van der Waals surface area contributed by atoms with E-state index in [9.17, 15) is 9.90 Å². The van der Waals surface area contributed by atoms with Crippen molar-refractivity contribution in [2.75, 3.05) is 11.9 Å². The molecule has 6 nitrogen and oxygen atoms in total. The fraction of sp³-hybridized carbons (Fsp3) is 0.296. The van der Waals surface area contributed by atoms with Gasteiger partial charge in [-0.25, -0.2) is 9.50 Å². The summed E-state index contributed by atoms with van der Waals surface area (Å²) in [5, 5.41) is 16.7. The van der Waals surface area contributed by atoms with E-state index in [1.165, 1.54) is 0 Å². The summed E-state index contributed by atoms with van der Waals surface area (Å²) in [7, 11) is 0. The molecule has 0 aliphatic heterocycles. The van der Waals surface area contributed by atoms with Gasteiger partial charge in [0.25, 0.3) is 5.91 Å². The van der Waals surface area contributed by atoms with E-state index in [1.54, 1.807) is 16.6 Å². The van der Waals surface area contributed by atoms with Gasteiger partial charge in [0.2, 0.25) is 0 Å². The second-order valence-electron chi connectivity index (χ2n) is 7.11. The van der Waals surface area contributed by atoms with Crippen LogP contribution in [0.4, 0.5) is 5.82 Å². The molecule has 4 aromatic rings. The fourth-order valence-corrected chi connectivity index (χ4v) is 3.22. The maximum atomic E-state index is 12.7. The van der Waals surface area contributed by atoms with E-state index < -0.39 is 0 Å². The van der Waals surface area contributed by atoms with Crippen LogP contribution in [-0.4, -0.2) is 32.2 Å². The van der Waals surface area contributed by atoms with Crippen LogP contribution >= 0.6 is 0 Å². The molecule has 0 aliphatic rings. The largest absolute Gasteiger partial charge is 0.396 e. The van der Waals surface area contributed by atoms with Crippen LogP contribution in [0.1, 0.15) is 62.2 Å². The molecule has 0 saturated heterocycles. The molecule has 0 radical (unpaired) electrons. The predicted molar refractivity (Wildman–Crippen MR) is 136 cm³/mol. The molecular weight excluding hydrogens is 412 g/mol. The lowest BCUT2D eigenvalue weighted by Gasteiger charge is -2.11. The Kier molecular flexibility index (Phi) is 9.76. The van der Waals surface area contributed by atoms with E-state index in [2.05, 4.69) is 15.4 Å². The molecule has 1 unspecified atom stereocenters. The average molecular weight is 447 g/mol. The number of nitrogens with zero attached hydrogens (tertiary/aromatic N) is 3. The first kappa shape index (κ1) is 25.7. The summed E-state index contributed by atoms with van der Waals surface area (Å²) in [5.74, 6) is 0.268. The Labute approximate surface area is 196 Å². The highest BCUT2D eigenvalue weighted by molar-refractivity contribution is 6.04. The van der Waals surface area contributed by atoms with Crippen molar-refractivity contribution >= 4 is 17.4 Å². The summed E-state index contributed by atoms with van der Waals surface area (Å²) in [5.41, 5.74) is 4.89. The van der Waals surface area contributed by atoms with Crippen molar-refractivity contribution in [3.63, 3.8) is 0 Å². The Balaban J connectivity index is 0.000000914. The summed E-state index contributed by atoms with van der Waals surface area (Å²) in [6.07, 6.45) is 0. The smallest absolute Gasteiger partial charge is 0.256 e. The summed E-state index contributed by atoms with van der Waals surface area (Å²) >= 11 is 0. The lowest BCUT2D eigenvalue weighted by Crippen LogP contribution is -2.14. The van der Waals surface area contributed by atoms with E-state index in [4.69, 9.17) is 0 Å². The minimum absolute atomic E-state index is 0.0368. The van der Waals surface area contributed by atoms with Crippen LogP contribution in [0, 0.1) is 6.92 Å². The Morgan fingerprint density at radius 1 is 1.00 bits per heavy atom. The second kappa shape index (κ2) is 12.5. The fourth-order valence-electron chi connectivity index (χ4n) is 3.22. The number of fused-ring (bicyclic) bond motifs is 1. The maximum Gasteiger partial charge on any atom is 0.256 e. The van der Waals surface area contributed by atoms with Gasteiger partial charge in [-0.05, 0) is 24.6 Å². The molecule has 2 aromatic carbocycles. The Morgan fingerprint density at radius 2 is 1.64 bits per heavy atom. The van der Waals surface area contributed by atoms with E-state index in [0.717, 1.165) is 22.5 Å². The van der Waals surface area contributed by atoms with Gasteiger partial charge >= 0.3 is 0 Å². The third-order valence-electron chi connectivity index (χ3n) is 4.88. The van der Waals surface area contributed by atoms with Crippen LogP contribution in [0.25, 0.3) is 16.9 Å². The number of hydrogen-bond acceptors (Lipinski definition) is 4. The van der Waals surface area contributed by atoms with Crippen molar-refractivity contribution in [3.05, 3.63) is 83.6 Å². The average Bonchev–Trinajstić information content (AvgIpc) is 3.26. The molecule has 4 rings (SSSR count). The van der Waals surface area contributed by atoms with Crippen molar-refractivity contribution in [2.45, 2.75) is 47.5 Å². The van der Waals surface area contributed by atoms with Gasteiger partial charge < -0.3 is 10.4 Å². The van der Waals surface area contributed by atoms with Crippen LogP contribution in [0.5, 0.6) is 0 Å². The highest BCUT2D eigenvalue weighted by atomic mass is 16.3. The normalized spacial score (nSPS) is 11.0. The van der Waals surface area contributed by atoms with Gasteiger partial charge in [0.1, 0.15) is 5.82 Å². The predicted octanol–water partition coefficient (Wildman–Crippen LogP) is 6.11. The Hall–Kier alpha value is -3.51. The standard InChI is InChI=1S/C23H22N4O2.2C2H6/c1-15(14-28)17-8-10-19(11-9-17)23(29)25-21-13-20(18-6-4-3-5-7-18)27-22(24-21)12-16(2)26-27;2*1-2/h3-13,15,28H,14H2,1-2H3,(H,24,25,29);2*1-2H3. The molecule has 6 heteroatoms. The molecule has 0 bridgehead atoms. The Morgan fingerprint density at radius 3 is 2.24 bits per heavy atom. The zero-order valence-electron chi connectivity index (χ0n) is 20.3. The third kappa shape index (κ3) is 6.26. The number of hydrogen-bond donors (Lipinski definition) is 2. The summed E-state index contributed by atoms with van der Waals surface area (Å²) in [6, 6.07) is 20.8. The molecule has 174 valence electrons. The Bertz CT molecular complexity index is 1150. The molecule has 2 aromatic heterocycles. The van der Waals surface area contributed by atoms with Crippen molar-refractivity contribution in [3.8, 4) is 11.3 Å². The first-order chi connectivity index (χ1) is 16.0. The SMILES string of the molecule is CC.CC.Cc1cc2nc(NC(=O)c3ccc(C(C)CO)cc3)cc(-c3ccccc3)n2n1. The van der Waals surface area contributed by atoms with Crippen LogP contribution in [0.3, 0.4) is 0 Å². The van der Waals surface area contributed by atoms with Crippen LogP contribution in [0.2, 0.25) is 0 Å². The number of rotatable bonds is 5. The van der Waals surface area contributed by atoms with Crippen molar-refractivity contribution in [1.29, 1.82) is 0 Å². The third-order valence-corrected chi connectivity index (χ3v) is 4.88. The lowest BCUT2D eigenvalue weighted by atomic mass is 10.0. The lowest BCUT2D eigenvalue weighted by molar-refractivity contribution is 0.102. The van der Waals surface area contributed by atoms with Gasteiger partial charge in [0.15, 0.2) is 5.65 Å². The van der Waals surface area contributed by atoms with E-state index in [0.29, 0.717) is 17.0 Å². The van der Waals surface area contributed by atoms with Crippen LogP contribution in [-0.2, 0) is 0 Å². The van der Waals surface area contributed by atoms with Crippen LogP contribution in [0.15, 0.2) is 66.7 Å². The number of aromatic nitrogens is 3. The molecule has 0 aliphatic carbocycles. The van der Waals surface area contributed by atoms with E-state index in [-0.39, 0.29) is 18.4 Å². The minimum atomic E-state index is -0.236. The molecule has 0 spiro atoms. The maximum absolute atomic E-state index is 12.7. The van der Waals surface area contributed by atoms with Crippen molar-refractivity contribution < 1.29 is 9.90 Å². The topological polar surface area (TPSA) is 79.5 Å². The number of carbonyl (C=O) groups excluding carboxylic acids is 1. The van der Waals surface area contributed by atoms with Gasteiger partial charge in [-0.1, -0.05) is 77.1 Å². The number of benzene rings is 2. The van der Waals surface area contributed by atoms with Gasteiger partial charge in [-0.3, -0.25) is 4.79 Å². The van der Waals surface area contributed by atoms with Gasteiger partial charge in [-0.2, -0.15) is 5.10 Å². The van der Waals surface area contributed by atoms with Gasteiger partial charge in [0.05, 0.1) is 11.4 Å². The van der Waals surface area contributed by atoms with Crippen molar-refractivity contribution in [1.82, 2.24) is 14.6 Å². The zero-order chi connectivity index (χ0) is 24.4. The van der Waals surface area contributed by atoms with Crippen molar-refractivity contribution in [2.24, 2.45) is 0 Å². The quantitative estimate of drug-likeness (QED) is 0.388. The molecule has 2 N–H and O–H groups in total. The van der Waals surface area contributed by atoms with Gasteiger partial charge in [-0.15, -0.1) is 0 Å². The zero-order valence-corrected chi connectivity index (χ0v) is 20.3. The molecule has 0 fully saturated rings. The molecule has 2 heterocycles. The first-order valence-corrected chi connectivity index (χ1v) is 11.5. The molecule has 1 amide bonds. The highest BCUT2D eigenvalue weighted by Gasteiger charge is 2.13. The number of anilines is 1. The summed E-state index contributed by atoms with van der Waals surface area (Å²) < 4.78 is 1.78. The molecule has 1 atom stereocenters.